The molecule has 6 heteroatoms. The van der Waals surface area contributed by atoms with Crippen molar-refractivity contribution >= 4 is 17.8 Å². The van der Waals surface area contributed by atoms with Crippen LogP contribution in [0.3, 0.4) is 0 Å². The second kappa shape index (κ2) is 8.55. The average molecular weight is 284 g/mol. The van der Waals surface area contributed by atoms with E-state index in [2.05, 4.69) is 10.1 Å². The molecular formula is C14H24N2O4. The molecule has 1 rings (SSSR count). The fourth-order valence-electron chi connectivity index (χ4n) is 2.11. The monoisotopic (exact) mass is 284 g/mol. The molecule has 0 aliphatic heterocycles. The third-order valence-electron chi connectivity index (χ3n) is 3.56. The first-order chi connectivity index (χ1) is 9.54. The summed E-state index contributed by atoms with van der Waals surface area (Å²) in [6, 6.07) is 0. The molecule has 0 aromatic heterocycles. The first kappa shape index (κ1) is 16.5. The molecule has 0 aromatic rings. The number of carbonyl (C=O) groups is 3. The number of methoxy groups -OCH3 is 1. The van der Waals surface area contributed by atoms with Gasteiger partial charge in [0.25, 0.3) is 0 Å². The molecule has 20 heavy (non-hydrogen) atoms. The normalized spacial score (nSPS) is 14.3. The summed E-state index contributed by atoms with van der Waals surface area (Å²) in [6.45, 7) is 2.96. The number of hydrogen-bond acceptors (Lipinski definition) is 4. The van der Waals surface area contributed by atoms with Crippen molar-refractivity contribution in [3.05, 3.63) is 0 Å². The molecule has 2 amide bonds. The SMILES string of the molecule is COC(=O)CCN(CCCNC(C)=O)C(=O)C1CCC1. The Balaban J connectivity index is 2.38. The molecule has 114 valence electrons. The molecule has 1 N–H and O–H groups in total. The molecule has 1 fully saturated rings. The molecule has 0 saturated heterocycles. The second-order valence-corrected chi connectivity index (χ2v) is 5.12. The van der Waals surface area contributed by atoms with Crippen molar-refractivity contribution < 1.29 is 19.1 Å². The predicted molar refractivity (Wildman–Crippen MR) is 73.9 cm³/mol. The van der Waals surface area contributed by atoms with E-state index < -0.39 is 0 Å². The Morgan fingerprint density at radius 3 is 2.45 bits per heavy atom. The summed E-state index contributed by atoms with van der Waals surface area (Å²) in [6.07, 6.45) is 3.90. The molecule has 6 nitrogen and oxygen atoms in total. The number of ether oxygens (including phenoxy) is 1. The summed E-state index contributed by atoms with van der Waals surface area (Å²) >= 11 is 0. The van der Waals surface area contributed by atoms with E-state index in [-0.39, 0.29) is 30.1 Å². The van der Waals surface area contributed by atoms with Gasteiger partial charge < -0.3 is 15.0 Å². The number of nitrogens with zero attached hydrogens (tertiary/aromatic N) is 1. The van der Waals surface area contributed by atoms with E-state index in [1.807, 2.05) is 0 Å². The fraction of sp³-hybridized carbons (Fsp3) is 0.786. The van der Waals surface area contributed by atoms with Gasteiger partial charge in [-0.2, -0.15) is 0 Å². The molecule has 0 heterocycles. The van der Waals surface area contributed by atoms with Gasteiger partial charge in [0.15, 0.2) is 0 Å². The van der Waals surface area contributed by atoms with E-state index in [1.165, 1.54) is 14.0 Å². The van der Waals surface area contributed by atoms with Crippen LogP contribution in [0.1, 0.15) is 39.0 Å². The standard InChI is InChI=1S/C14H24N2O4/c1-11(17)15-8-4-9-16(10-7-13(18)20-2)14(19)12-5-3-6-12/h12H,3-10H2,1-2H3,(H,15,17). The van der Waals surface area contributed by atoms with Crippen LogP contribution in [0.25, 0.3) is 0 Å². The van der Waals surface area contributed by atoms with Gasteiger partial charge in [0, 0.05) is 32.5 Å². The molecule has 0 radical (unpaired) electrons. The summed E-state index contributed by atoms with van der Waals surface area (Å²) in [7, 11) is 1.34. The maximum absolute atomic E-state index is 12.2. The van der Waals surface area contributed by atoms with Crippen LogP contribution < -0.4 is 5.32 Å². The maximum Gasteiger partial charge on any atom is 0.307 e. The van der Waals surface area contributed by atoms with Gasteiger partial charge in [-0.25, -0.2) is 0 Å². The lowest BCUT2D eigenvalue weighted by atomic mass is 9.84. The van der Waals surface area contributed by atoms with E-state index in [1.54, 1.807) is 4.90 Å². The van der Waals surface area contributed by atoms with Crippen LogP contribution in [0, 0.1) is 5.92 Å². The Kier molecular flexibility index (Phi) is 7.04. The highest BCUT2D eigenvalue weighted by Crippen LogP contribution is 2.28. The summed E-state index contributed by atoms with van der Waals surface area (Å²) < 4.78 is 4.60. The Morgan fingerprint density at radius 2 is 1.95 bits per heavy atom. The molecule has 1 aliphatic carbocycles. The Morgan fingerprint density at radius 1 is 1.25 bits per heavy atom. The number of nitrogens with one attached hydrogen (secondary N) is 1. The van der Waals surface area contributed by atoms with E-state index >= 15 is 0 Å². The molecule has 0 aromatic carbocycles. The number of rotatable bonds is 8. The van der Waals surface area contributed by atoms with Crippen LogP contribution in [-0.2, 0) is 19.1 Å². The Bertz CT molecular complexity index is 353. The Hall–Kier alpha value is -1.59. The van der Waals surface area contributed by atoms with Gasteiger partial charge in [0.2, 0.25) is 11.8 Å². The molecule has 0 bridgehead atoms. The summed E-state index contributed by atoms with van der Waals surface area (Å²) in [5.74, 6) is -0.133. The van der Waals surface area contributed by atoms with E-state index in [0.29, 0.717) is 26.1 Å². The lowest BCUT2D eigenvalue weighted by Gasteiger charge is -2.31. The highest BCUT2D eigenvalue weighted by atomic mass is 16.5. The molecule has 0 unspecified atom stereocenters. The zero-order valence-corrected chi connectivity index (χ0v) is 12.3. The number of carbonyl (C=O) groups excluding carboxylic acids is 3. The van der Waals surface area contributed by atoms with Crippen molar-refractivity contribution in [2.24, 2.45) is 5.92 Å². The van der Waals surface area contributed by atoms with Crippen LogP contribution in [0.5, 0.6) is 0 Å². The van der Waals surface area contributed by atoms with Crippen molar-refractivity contribution in [3.63, 3.8) is 0 Å². The van der Waals surface area contributed by atoms with Gasteiger partial charge >= 0.3 is 5.97 Å². The third-order valence-corrected chi connectivity index (χ3v) is 3.56. The van der Waals surface area contributed by atoms with Gasteiger partial charge in [-0.15, -0.1) is 0 Å². The second-order valence-electron chi connectivity index (χ2n) is 5.12. The first-order valence-electron chi connectivity index (χ1n) is 7.14. The molecule has 0 spiro atoms. The van der Waals surface area contributed by atoms with Crippen LogP contribution >= 0.6 is 0 Å². The minimum atomic E-state index is -0.307. The lowest BCUT2D eigenvalue weighted by Crippen LogP contribution is -2.41. The number of hydrogen-bond donors (Lipinski definition) is 1. The van der Waals surface area contributed by atoms with Crippen LogP contribution in [-0.4, -0.2) is 49.4 Å². The van der Waals surface area contributed by atoms with Crippen molar-refractivity contribution in [1.29, 1.82) is 0 Å². The van der Waals surface area contributed by atoms with Crippen LogP contribution in [0.15, 0.2) is 0 Å². The smallest absolute Gasteiger partial charge is 0.307 e. The minimum Gasteiger partial charge on any atom is -0.469 e. The lowest BCUT2D eigenvalue weighted by molar-refractivity contribution is -0.143. The highest BCUT2D eigenvalue weighted by molar-refractivity contribution is 5.80. The van der Waals surface area contributed by atoms with Crippen molar-refractivity contribution in [1.82, 2.24) is 10.2 Å². The van der Waals surface area contributed by atoms with Crippen LogP contribution in [0.2, 0.25) is 0 Å². The summed E-state index contributed by atoms with van der Waals surface area (Å²) in [5, 5.41) is 2.70. The van der Waals surface area contributed by atoms with Gasteiger partial charge in [-0.05, 0) is 19.3 Å². The number of esters is 1. The third kappa shape index (κ3) is 5.59. The number of amides is 2. The van der Waals surface area contributed by atoms with E-state index in [0.717, 1.165) is 19.3 Å². The highest BCUT2D eigenvalue weighted by Gasteiger charge is 2.29. The minimum absolute atomic E-state index is 0.0727. The largest absolute Gasteiger partial charge is 0.469 e. The van der Waals surface area contributed by atoms with E-state index in [9.17, 15) is 14.4 Å². The molecular weight excluding hydrogens is 260 g/mol. The van der Waals surface area contributed by atoms with Crippen molar-refractivity contribution in [2.75, 3.05) is 26.7 Å². The zero-order valence-electron chi connectivity index (χ0n) is 12.3. The van der Waals surface area contributed by atoms with Gasteiger partial charge in [-0.1, -0.05) is 6.42 Å². The fourth-order valence-corrected chi connectivity index (χ4v) is 2.11. The van der Waals surface area contributed by atoms with Gasteiger partial charge in [-0.3, -0.25) is 14.4 Å². The first-order valence-corrected chi connectivity index (χ1v) is 7.14. The average Bonchev–Trinajstić information content (AvgIpc) is 2.34. The summed E-state index contributed by atoms with van der Waals surface area (Å²) in [5.41, 5.74) is 0. The predicted octanol–water partition coefficient (Wildman–Crippen LogP) is 0.704. The molecule has 0 atom stereocenters. The van der Waals surface area contributed by atoms with Gasteiger partial charge in [0.05, 0.1) is 13.5 Å². The topological polar surface area (TPSA) is 75.7 Å². The maximum atomic E-state index is 12.2. The molecule has 1 aliphatic rings. The molecule has 1 saturated carbocycles. The van der Waals surface area contributed by atoms with Crippen LogP contribution in [0.4, 0.5) is 0 Å². The van der Waals surface area contributed by atoms with E-state index in [4.69, 9.17) is 0 Å². The zero-order chi connectivity index (χ0) is 15.0. The summed E-state index contributed by atoms with van der Waals surface area (Å²) in [4.78, 5) is 35.9. The quantitative estimate of drug-likeness (QED) is 0.526. The van der Waals surface area contributed by atoms with Crippen molar-refractivity contribution in [3.8, 4) is 0 Å². The van der Waals surface area contributed by atoms with Gasteiger partial charge in [0.1, 0.15) is 0 Å². The Labute approximate surface area is 119 Å². The van der Waals surface area contributed by atoms with Crippen molar-refractivity contribution in [2.45, 2.75) is 39.0 Å².